The van der Waals surface area contributed by atoms with Gasteiger partial charge in [-0.25, -0.2) is 13.3 Å². The average molecular weight is 566 g/mol. The molecule has 0 bridgehead atoms. The van der Waals surface area contributed by atoms with Gasteiger partial charge in [-0.05, 0) is 70.8 Å². The van der Waals surface area contributed by atoms with E-state index in [0.29, 0.717) is 5.69 Å². The number of amides is 2. The summed E-state index contributed by atoms with van der Waals surface area (Å²) in [7, 11) is -4.01. The van der Waals surface area contributed by atoms with Crippen LogP contribution in [0.2, 0.25) is 0 Å². The molecule has 0 N–H and O–H groups in total. The number of benzene rings is 2. The van der Waals surface area contributed by atoms with Crippen LogP contribution in [0.25, 0.3) is 0 Å². The van der Waals surface area contributed by atoms with Crippen LogP contribution in [0.1, 0.15) is 24.9 Å². The van der Waals surface area contributed by atoms with E-state index < -0.39 is 33.9 Å². The first kappa shape index (κ1) is 22.1. The fraction of sp³-hybridized carbons (Fsp3) is 0.182. The van der Waals surface area contributed by atoms with Crippen molar-refractivity contribution in [2.45, 2.75) is 29.6 Å². The van der Waals surface area contributed by atoms with Gasteiger partial charge >= 0.3 is 0 Å². The van der Waals surface area contributed by atoms with Gasteiger partial charge in [0.15, 0.2) is 0 Å². The minimum atomic E-state index is -4.01. The highest BCUT2D eigenvalue weighted by molar-refractivity contribution is 14.1. The van der Waals surface area contributed by atoms with Gasteiger partial charge in [0.05, 0.1) is 12.1 Å². The number of thiophene rings is 1. The third kappa shape index (κ3) is 4.19. The molecule has 9 heteroatoms. The minimum Gasteiger partial charge on any atom is -0.274 e. The van der Waals surface area contributed by atoms with Crippen molar-refractivity contribution >= 4 is 61.5 Å². The Bertz CT molecular complexity index is 1200. The first-order valence-corrected chi connectivity index (χ1v) is 12.9. The van der Waals surface area contributed by atoms with Crippen LogP contribution in [0, 0.1) is 3.57 Å². The van der Waals surface area contributed by atoms with Crippen LogP contribution >= 0.6 is 33.9 Å². The van der Waals surface area contributed by atoms with E-state index in [1.807, 2.05) is 30.3 Å². The molecule has 6 nitrogen and oxygen atoms in total. The Morgan fingerprint density at radius 1 is 1.03 bits per heavy atom. The molecular weight excluding hydrogens is 547 g/mol. The van der Waals surface area contributed by atoms with Gasteiger partial charge in [0.25, 0.3) is 15.9 Å². The van der Waals surface area contributed by atoms with Crippen molar-refractivity contribution in [1.82, 2.24) is 4.31 Å². The van der Waals surface area contributed by atoms with Crippen molar-refractivity contribution in [2.75, 3.05) is 4.90 Å². The van der Waals surface area contributed by atoms with Crippen LogP contribution in [0.5, 0.6) is 0 Å². The molecule has 0 radical (unpaired) electrons. The quantitative estimate of drug-likeness (QED) is 0.327. The van der Waals surface area contributed by atoms with E-state index >= 15 is 0 Å². The molecule has 0 aliphatic carbocycles. The number of anilines is 1. The Balaban J connectivity index is 1.78. The number of hydrogen-bond acceptors (Lipinski definition) is 5. The van der Waals surface area contributed by atoms with Crippen LogP contribution in [-0.4, -0.2) is 30.6 Å². The van der Waals surface area contributed by atoms with Crippen LogP contribution in [0.3, 0.4) is 0 Å². The van der Waals surface area contributed by atoms with Crippen LogP contribution < -0.4 is 4.90 Å². The summed E-state index contributed by atoms with van der Waals surface area (Å²) in [5, 5.41) is 1.68. The van der Waals surface area contributed by atoms with Crippen LogP contribution in [0.15, 0.2) is 76.3 Å². The maximum absolute atomic E-state index is 13.6. The summed E-state index contributed by atoms with van der Waals surface area (Å²) in [6.45, 7) is 1.74. The predicted octanol–water partition coefficient (Wildman–Crippen LogP) is 4.44. The van der Waals surface area contributed by atoms with Gasteiger partial charge in [0.1, 0.15) is 10.3 Å². The zero-order valence-corrected chi connectivity index (χ0v) is 20.3. The summed E-state index contributed by atoms with van der Waals surface area (Å²) >= 11 is 3.23. The lowest BCUT2D eigenvalue weighted by molar-refractivity contribution is -0.122. The molecule has 2 atom stereocenters. The number of hydrogen-bond donors (Lipinski definition) is 0. The SMILES string of the molecule is CC(c1ccccc1)N(C1CC(=O)N(c2ccc(I)cc2)C1=O)S(=O)(=O)c1cccs1. The summed E-state index contributed by atoms with van der Waals surface area (Å²) in [6, 6.07) is 17.5. The molecule has 1 aliphatic heterocycles. The number of imide groups is 1. The van der Waals surface area contributed by atoms with E-state index in [9.17, 15) is 18.0 Å². The molecule has 1 aliphatic rings. The molecule has 1 saturated heterocycles. The second-order valence-electron chi connectivity index (χ2n) is 7.12. The highest BCUT2D eigenvalue weighted by atomic mass is 127. The Labute approximate surface area is 198 Å². The summed E-state index contributed by atoms with van der Waals surface area (Å²) in [6.07, 6.45) is -0.202. The van der Waals surface area contributed by atoms with Gasteiger partial charge in [-0.3, -0.25) is 9.59 Å². The molecule has 3 aromatic rings. The fourth-order valence-corrected chi connectivity index (χ4v) is 6.93. The molecule has 160 valence electrons. The molecule has 2 amide bonds. The summed E-state index contributed by atoms with van der Waals surface area (Å²) in [5.41, 5.74) is 1.19. The number of carbonyl (C=O) groups excluding carboxylic acids is 2. The largest absolute Gasteiger partial charge is 0.274 e. The number of sulfonamides is 1. The monoisotopic (exact) mass is 566 g/mol. The second-order valence-corrected chi connectivity index (χ2v) is 11.4. The summed E-state index contributed by atoms with van der Waals surface area (Å²) < 4.78 is 29.5. The first-order chi connectivity index (χ1) is 14.8. The number of nitrogens with zero attached hydrogens (tertiary/aromatic N) is 2. The number of carbonyl (C=O) groups is 2. The lowest BCUT2D eigenvalue weighted by Gasteiger charge is -2.32. The van der Waals surface area contributed by atoms with E-state index in [4.69, 9.17) is 0 Å². The van der Waals surface area contributed by atoms with Gasteiger partial charge in [0.2, 0.25) is 5.91 Å². The standard InChI is InChI=1S/C22H19IN2O4S2/c1-15(16-6-3-2-4-7-16)25(31(28,29)21-8-5-13-30-21)19-14-20(26)24(22(19)27)18-11-9-17(23)10-12-18/h2-13,15,19H,14H2,1H3. The van der Waals surface area contributed by atoms with Gasteiger partial charge in [0, 0.05) is 9.61 Å². The topological polar surface area (TPSA) is 74.8 Å². The smallest absolute Gasteiger partial charge is 0.253 e. The summed E-state index contributed by atoms with van der Waals surface area (Å²) in [5.74, 6) is -0.947. The molecule has 1 aromatic heterocycles. The van der Waals surface area contributed by atoms with Gasteiger partial charge < -0.3 is 0 Å². The Hall–Kier alpha value is -2.08. The fourth-order valence-electron chi connectivity index (χ4n) is 3.71. The molecule has 31 heavy (non-hydrogen) atoms. The average Bonchev–Trinajstić information content (AvgIpc) is 3.39. The first-order valence-electron chi connectivity index (χ1n) is 9.55. The third-order valence-corrected chi connectivity index (χ3v) is 9.28. The molecular formula is C22H19IN2O4S2. The zero-order valence-electron chi connectivity index (χ0n) is 16.5. The molecule has 2 unspecified atom stereocenters. The van der Waals surface area contributed by atoms with Crippen molar-refractivity contribution in [1.29, 1.82) is 0 Å². The highest BCUT2D eigenvalue weighted by Crippen LogP contribution is 2.36. The van der Waals surface area contributed by atoms with Crippen molar-refractivity contribution in [2.24, 2.45) is 0 Å². The van der Waals surface area contributed by atoms with Crippen molar-refractivity contribution in [3.63, 3.8) is 0 Å². The Kier molecular flexibility index (Phi) is 6.29. The summed E-state index contributed by atoms with van der Waals surface area (Å²) in [4.78, 5) is 27.3. The van der Waals surface area contributed by atoms with Crippen LogP contribution in [-0.2, 0) is 19.6 Å². The van der Waals surface area contributed by atoms with E-state index in [1.165, 1.54) is 10.4 Å². The Morgan fingerprint density at radius 2 is 1.71 bits per heavy atom. The third-order valence-electron chi connectivity index (χ3n) is 5.21. The normalized spacial score (nSPS) is 18.0. The number of halogens is 1. The van der Waals surface area contributed by atoms with E-state index in [1.54, 1.807) is 42.6 Å². The second kappa shape index (κ2) is 8.81. The highest BCUT2D eigenvalue weighted by Gasteiger charge is 2.49. The Morgan fingerprint density at radius 3 is 2.32 bits per heavy atom. The molecule has 0 saturated carbocycles. The van der Waals surface area contributed by atoms with Gasteiger partial charge in [-0.2, -0.15) is 4.31 Å². The minimum absolute atomic E-state index is 0.142. The lowest BCUT2D eigenvalue weighted by Crippen LogP contribution is -2.46. The van der Waals surface area contributed by atoms with Crippen molar-refractivity contribution in [3.05, 3.63) is 81.2 Å². The van der Waals surface area contributed by atoms with Crippen LogP contribution in [0.4, 0.5) is 5.69 Å². The lowest BCUT2D eigenvalue weighted by atomic mass is 10.1. The molecule has 0 spiro atoms. The van der Waals surface area contributed by atoms with Crippen molar-refractivity contribution in [3.8, 4) is 0 Å². The van der Waals surface area contributed by atoms with E-state index in [0.717, 1.165) is 25.4 Å². The predicted molar refractivity (Wildman–Crippen MR) is 128 cm³/mol. The molecule has 1 fully saturated rings. The molecule has 2 heterocycles. The number of rotatable bonds is 6. The van der Waals surface area contributed by atoms with E-state index in [2.05, 4.69) is 22.6 Å². The van der Waals surface area contributed by atoms with E-state index in [-0.39, 0.29) is 10.6 Å². The molecule has 2 aromatic carbocycles. The zero-order chi connectivity index (χ0) is 22.2. The molecule has 4 rings (SSSR count). The maximum atomic E-state index is 13.6. The van der Waals surface area contributed by atoms with Gasteiger partial charge in [-0.15, -0.1) is 11.3 Å². The van der Waals surface area contributed by atoms with Gasteiger partial charge in [-0.1, -0.05) is 36.4 Å². The van der Waals surface area contributed by atoms with Crippen molar-refractivity contribution < 1.29 is 18.0 Å². The maximum Gasteiger partial charge on any atom is 0.253 e.